The fourth-order valence-corrected chi connectivity index (χ4v) is 6.44. The van der Waals surface area contributed by atoms with Crippen molar-refractivity contribution >= 4 is 6.29 Å². The molecule has 0 amide bonds. The van der Waals surface area contributed by atoms with E-state index in [1.54, 1.807) is 24.3 Å². The van der Waals surface area contributed by atoms with Crippen LogP contribution in [0.25, 0.3) is 0 Å². The van der Waals surface area contributed by atoms with Crippen LogP contribution in [0.15, 0.2) is 36.4 Å². The first-order valence-electron chi connectivity index (χ1n) is 12.0. The number of aldehydes is 1. The Kier molecular flexibility index (Phi) is 6.30. The number of hydrogen-bond acceptors (Lipinski definition) is 5. The average molecular weight is 443 g/mol. The van der Waals surface area contributed by atoms with E-state index in [1.807, 2.05) is 13.8 Å². The molecule has 1 saturated carbocycles. The molecule has 5 nitrogen and oxygen atoms in total. The normalized spacial score (nSPS) is 42.0. The van der Waals surface area contributed by atoms with Gasteiger partial charge in [-0.15, -0.1) is 0 Å². The standard InChI is InChI=1S/C27H38O5/c1-16(2)20-11-6-17(3)23-21-14-27(5,30)22(31-19-9-7-18(15-28)8-10-19)12-13-26(4,29)25(32-21)24(20)23/h7-10,15-16,20-25,29-30H,3,6,11-14H2,1-2,4-5H3. The molecule has 0 radical (unpaired) electrons. The largest absolute Gasteiger partial charge is 0.487 e. The third-order valence-electron chi connectivity index (χ3n) is 8.24. The van der Waals surface area contributed by atoms with Gasteiger partial charge in [0.1, 0.15) is 23.7 Å². The zero-order valence-corrected chi connectivity index (χ0v) is 19.8. The Morgan fingerprint density at radius 2 is 1.84 bits per heavy atom. The van der Waals surface area contributed by atoms with Crippen LogP contribution in [0.1, 0.15) is 70.2 Å². The molecular weight excluding hydrogens is 404 g/mol. The van der Waals surface area contributed by atoms with E-state index in [0.717, 1.165) is 19.1 Å². The van der Waals surface area contributed by atoms with Gasteiger partial charge in [0.25, 0.3) is 0 Å². The van der Waals surface area contributed by atoms with Crippen LogP contribution in [0.3, 0.4) is 0 Å². The van der Waals surface area contributed by atoms with E-state index in [1.165, 1.54) is 5.57 Å². The van der Waals surface area contributed by atoms with Crippen molar-refractivity contribution in [3.8, 4) is 5.75 Å². The molecule has 3 fully saturated rings. The van der Waals surface area contributed by atoms with Gasteiger partial charge in [-0.25, -0.2) is 0 Å². The van der Waals surface area contributed by atoms with Crippen molar-refractivity contribution in [2.75, 3.05) is 0 Å². The lowest BCUT2D eigenvalue weighted by atomic mass is 9.60. The molecule has 1 aromatic rings. The molecule has 2 bridgehead atoms. The van der Waals surface area contributed by atoms with E-state index in [4.69, 9.17) is 9.47 Å². The van der Waals surface area contributed by atoms with Gasteiger partial charge >= 0.3 is 0 Å². The summed E-state index contributed by atoms with van der Waals surface area (Å²) in [6.45, 7) is 12.6. The SMILES string of the molecule is C=C1CCC(C(C)C)C2C1C1CC(C)(O)C(Oc3ccc(C=O)cc3)CCC(C)(O)C2O1. The predicted molar refractivity (Wildman–Crippen MR) is 124 cm³/mol. The summed E-state index contributed by atoms with van der Waals surface area (Å²) >= 11 is 0. The topological polar surface area (TPSA) is 76.0 Å². The molecular formula is C27H38O5. The average Bonchev–Trinajstić information content (AvgIpc) is 3.12. The summed E-state index contributed by atoms with van der Waals surface area (Å²) in [6, 6.07) is 6.91. The Hall–Kier alpha value is -1.69. The van der Waals surface area contributed by atoms with Crippen molar-refractivity contribution in [2.45, 2.75) is 89.3 Å². The van der Waals surface area contributed by atoms with Crippen molar-refractivity contribution < 1.29 is 24.5 Å². The summed E-state index contributed by atoms with van der Waals surface area (Å²) in [4.78, 5) is 11.0. The lowest BCUT2D eigenvalue weighted by Gasteiger charge is -2.45. The minimum absolute atomic E-state index is 0.143. The number of ether oxygens (including phenoxy) is 2. The molecule has 4 rings (SSSR count). The van der Waals surface area contributed by atoms with Crippen molar-refractivity contribution in [1.29, 1.82) is 0 Å². The maximum absolute atomic E-state index is 11.6. The van der Waals surface area contributed by atoms with Crippen LogP contribution in [0.2, 0.25) is 0 Å². The number of carbonyl (C=O) groups is 1. The van der Waals surface area contributed by atoms with Gasteiger partial charge in [-0.2, -0.15) is 0 Å². The summed E-state index contributed by atoms with van der Waals surface area (Å²) in [5.74, 6) is 1.95. The quantitative estimate of drug-likeness (QED) is 0.528. The Morgan fingerprint density at radius 1 is 1.16 bits per heavy atom. The lowest BCUT2D eigenvalue weighted by molar-refractivity contribution is -0.120. The van der Waals surface area contributed by atoms with E-state index >= 15 is 0 Å². The number of rotatable bonds is 4. The van der Waals surface area contributed by atoms with Gasteiger partial charge in [0.2, 0.25) is 0 Å². The lowest BCUT2D eigenvalue weighted by Crippen LogP contribution is -2.51. The molecule has 8 unspecified atom stereocenters. The van der Waals surface area contributed by atoms with Gasteiger partial charge in [0, 0.05) is 17.9 Å². The Labute approximate surface area is 191 Å². The first-order chi connectivity index (χ1) is 15.0. The molecule has 1 aromatic carbocycles. The van der Waals surface area contributed by atoms with Gasteiger partial charge in [-0.05, 0) is 81.5 Å². The van der Waals surface area contributed by atoms with Gasteiger partial charge in [-0.3, -0.25) is 4.79 Å². The first kappa shape index (κ1) is 23.5. The van der Waals surface area contributed by atoms with Crippen LogP contribution in [0, 0.1) is 23.7 Å². The van der Waals surface area contributed by atoms with Crippen molar-refractivity contribution in [1.82, 2.24) is 0 Å². The van der Waals surface area contributed by atoms with Crippen molar-refractivity contribution in [3.05, 3.63) is 42.0 Å². The molecule has 8 atom stereocenters. The third-order valence-corrected chi connectivity index (χ3v) is 8.24. The van der Waals surface area contributed by atoms with E-state index in [0.29, 0.717) is 42.4 Å². The molecule has 3 aliphatic rings. The van der Waals surface area contributed by atoms with Gasteiger partial charge in [-0.1, -0.05) is 26.0 Å². The summed E-state index contributed by atoms with van der Waals surface area (Å²) in [7, 11) is 0. The molecule has 0 spiro atoms. The Morgan fingerprint density at radius 3 is 2.47 bits per heavy atom. The van der Waals surface area contributed by atoms with Crippen molar-refractivity contribution in [2.24, 2.45) is 23.7 Å². The zero-order valence-electron chi connectivity index (χ0n) is 19.8. The fraction of sp³-hybridized carbons (Fsp3) is 0.667. The molecule has 2 heterocycles. The number of aliphatic hydroxyl groups is 2. The van der Waals surface area contributed by atoms with Crippen LogP contribution >= 0.6 is 0 Å². The van der Waals surface area contributed by atoms with Gasteiger partial charge in [0.15, 0.2) is 0 Å². The van der Waals surface area contributed by atoms with E-state index < -0.39 is 17.3 Å². The molecule has 5 heteroatoms. The summed E-state index contributed by atoms with van der Waals surface area (Å²) in [5, 5.41) is 23.2. The number of hydrogen-bond donors (Lipinski definition) is 2. The van der Waals surface area contributed by atoms with Crippen LogP contribution in [-0.4, -0.2) is 46.0 Å². The van der Waals surface area contributed by atoms with Gasteiger partial charge < -0.3 is 19.7 Å². The summed E-state index contributed by atoms with van der Waals surface area (Å²) in [5.41, 5.74) is -0.396. The van der Waals surface area contributed by atoms with Crippen LogP contribution in [0.4, 0.5) is 0 Å². The second-order valence-corrected chi connectivity index (χ2v) is 11.1. The van der Waals surface area contributed by atoms with Crippen LogP contribution in [-0.2, 0) is 4.74 Å². The Balaban J connectivity index is 1.65. The second kappa shape index (κ2) is 8.58. The maximum Gasteiger partial charge on any atom is 0.150 e. The highest BCUT2D eigenvalue weighted by atomic mass is 16.5. The molecule has 176 valence electrons. The molecule has 1 aliphatic carbocycles. The van der Waals surface area contributed by atoms with Crippen LogP contribution in [0.5, 0.6) is 5.75 Å². The highest BCUT2D eigenvalue weighted by Crippen LogP contribution is 2.55. The number of carbonyl (C=O) groups excluding carboxylic acids is 1. The van der Waals surface area contributed by atoms with Crippen LogP contribution < -0.4 is 4.74 Å². The zero-order chi connectivity index (χ0) is 23.3. The predicted octanol–water partition coefficient (Wildman–Crippen LogP) is 4.55. The van der Waals surface area contributed by atoms with E-state index in [-0.39, 0.29) is 24.0 Å². The minimum Gasteiger partial charge on any atom is -0.487 e. The smallest absolute Gasteiger partial charge is 0.150 e. The minimum atomic E-state index is -1.14. The fourth-order valence-electron chi connectivity index (χ4n) is 6.44. The highest BCUT2D eigenvalue weighted by Gasteiger charge is 2.59. The Bertz CT molecular complexity index is 840. The van der Waals surface area contributed by atoms with Gasteiger partial charge in [0.05, 0.1) is 17.8 Å². The number of benzene rings is 1. The monoisotopic (exact) mass is 442 g/mol. The van der Waals surface area contributed by atoms with E-state index in [2.05, 4.69) is 20.4 Å². The van der Waals surface area contributed by atoms with E-state index in [9.17, 15) is 15.0 Å². The molecule has 32 heavy (non-hydrogen) atoms. The number of fused-ring (bicyclic) bond motifs is 5. The molecule has 2 aliphatic heterocycles. The summed E-state index contributed by atoms with van der Waals surface area (Å²) in [6.07, 6.45) is 3.29. The first-order valence-corrected chi connectivity index (χ1v) is 12.0. The van der Waals surface area contributed by atoms with Crippen molar-refractivity contribution in [3.63, 3.8) is 0 Å². The highest BCUT2D eigenvalue weighted by molar-refractivity contribution is 5.74. The third kappa shape index (κ3) is 4.27. The summed E-state index contributed by atoms with van der Waals surface area (Å²) < 4.78 is 12.8. The molecule has 0 aromatic heterocycles. The second-order valence-electron chi connectivity index (χ2n) is 11.1. The maximum atomic E-state index is 11.6. The molecule has 2 saturated heterocycles. The molecule has 2 N–H and O–H groups in total.